The van der Waals surface area contributed by atoms with Crippen LogP contribution in [0.2, 0.25) is 0 Å². The van der Waals surface area contributed by atoms with Gasteiger partial charge in [0.1, 0.15) is 11.5 Å². The molecule has 2 aliphatic rings. The second-order valence-electron chi connectivity index (χ2n) is 16.0. The Labute approximate surface area is 338 Å². The van der Waals surface area contributed by atoms with Crippen LogP contribution in [0, 0.1) is 23.2 Å². The summed E-state index contributed by atoms with van der Waals surface area (Å²) in [6, 6.07) is 15.4. The third kappa shape index (κ3) is 18.1. The van der Waals surface area contributed by atoms with Gasteiger partial charge in [0.05, 0.1) is 38.4 Å². The quantitative estimate of drug-likeness (QED) is 0.0280. The summed E-state index contributed by atoms with van der Waals surface area (Å²) in [4.78, 5) is 23.9. The minimum Gasteiger partial charge on any atom is -0.494 e. The van der Waals surface area contributed by atoms with E-state index in [2.05, 4.69) is 25.3 Å². The van der Waals surface area contributed by atoms with Crippen molar-refractivity contribution in [3.05, 3.63) is 72.3 Å². The Kier molecular flexibility index (Phi) is 21.8. The molecule has 0 amide bonds. The van der Waals surface area contributed by atoms with Crippen molar-refractivity contribution in [3.63, 3.8) is 0 Å². The summed E-state index contributed by atoms with van der Waals surface area (Å²) < 4.78 is 28.3. The topological polar surface area (TPSA) is 80.3 Å². The van der Waals surface area contributed by atoms with Crippen LogP contribution in [0.4, 0.5) is 0 Å². The average molecular weight is 771 g/mol. The molecule has 308 valence electrons. The third-order valence-corrected chi connectivity index (χ3v) is 11.5. The molecule has 0 N–H and O–H groups in total. The van der Waals surface area contributed by atoms with E-state index in [0.717, 1.165) is 108 Å². The van der Waals surface area contributed by atoms with E-state index in [4.69, 9.17) is 23.7 Å². The summed E-state index contributed by atoms with van der Waals surface area (Å²) >= 11 is 0. The van der Waals surface area contributed by atoms with Gasteiger partial charge in [-0.2, -0.15) is 0 Å². The second-order valence-corrected chi connectivity index (χ2v) is 16.0. The molecule has 0 spiro atoms. The van der Waals surface area contributed by atoms with Gasteiger partial charge < -0.3 is 23.7 Å². The van der Waals surface area contributed by atoms with Gasteiger partial charge in [0.25, 0.3) is 0 Å². The van der Waals surface area contributed by atoms with Gasteiger partial charge in [-0.3, -0.25) is 4.79 Å². The molecule has 0 radical (unpaired) electrons. The lowest BCUT2D eigenvalue weighted by molar-refractivity contribution is -0.141. The number of unbranched alkanes of at least 4 members (excludes halogenated alkanes) is 14. The van der Waals surface area contributed by atoms with Crippen LogP contribution in [-0.4, -0.2) is 51.1 Å². The highest BCUT2D eigenvalue weighted by molar-refractivity contribution is 5.81. The van der Waals surface area contributed by atoms with Gasteiger partial charge >= 0.3 is 11.9 Å². The zero-order valence-corrected chi connectivity index (χ0v) is 34.5. The molecule has 2 fully saturated rings. The molecule has 1 saturated heterocycles. The molecule has 4 rings (SSSR count). The van der Waals surface area contributed by atoms with Crippen LogP contribution in [0.1, 0.15) is 159 Å². The highest BCUT2D eigenvalue weighted by Gasteiger charge is 2.35. The highest BCUT2D eigenvalue weighted by Crippen LogP contribution is 2.36. The van der Waals surface area contributed by atoms with E-state index in [1.807, 2.05) is 48.5 Å². The molecule has 1 saturated carbocycles. The number of carbonyl (C=O) groups is 2. The maximum Gasteiger partial charge on any atom is 0.330 e. The Balaban J connectivity index is 0.976. The van der Waals surface area contributed by atoms with Gasteiger partial charge in [-0.25, -0.2) is 4.79 Å². The molecule has 1 aliphatic heterocycles. The van der Waals surface area contributed by atoms with Crippen LogP contribution in [0.15, 0.2) is 61.2 Å². The molecule has 7 nitrogen and oxygen atoms in total. The Bertz CT molecular complexity index is 1440. The van der Waals surface area contributed by atoms with Crippen molar-refractivity contribution in [3.8, 4) is 23.3 Å². The summed E-state index contributed by atoms with van der Waals surface area (Å²) in [5.74, 6) is 7.31. The Morgan fingerprint density at radius 1 is 0.679 bits per heavy atom. The first-order valence-corrected chi connectivity index (χ1v) is 22.0. The first kappa shape index (κ1) is 45.1. The van der Waals surface area contributed by atoms with E-state index in [0.29, 0.717) is 17.8 Å². The summed E-state index contributed by atoms with van der Waals surface area (Å²) in [6.07, 6.45) is 27.0. The van der Waals surface area contributed by atoms with Crippen LogP contribution >= 0.6 is 0 Å². The van der Waals surface area contributed by atoms with Gasteiger partial charge in [-0.05, 0) is 106 Å². The van der Waals surface area contributed by atoms with Crippen molar-refractivity contribution >= 4 is 11.9 Å². The lowest BCUT2D eigenvalue weighted by Gasteiger charge is -2.41. The van der Waals surface area contributed by atoms with Crippen molar-refractivity contribution in [2.45, 2.75) is 154 Å². The minimum absolute atomic E-state index is 0.0805. The SMILES string of the molecule is C=CC(=O)OCCCCCCCCCOC1CCC(C(=O)Oc2ccc(C#Cc3ccc(OCCCCCCCCCCCC4(CC)COC4)cc3)cc2)CC1. The number of esters is 2. The fourth-order valence-electron chi connectivity index (χ4n) is 7.57. The lowest BCUT2D eigenvalue weighted by Crippen LogP contribution is -2.41. The average Bonchev–Trinajstić information content (AvgIpc) is 3.21. The molecular formula is C49H70O7. The van der Waals surface area contributed by atoms with Crippen molar-refractivity contribution in [1.82, 2.24) is 0 Å². The van der Waals surface area contributed by atoms with Crippen LogP contribution in [0.25, 0.3) is 0 Å². The third-order valence-electron chi connectivity index (χ3n) is 11.5. The van der Waals surface area contributed by atoms with Crippen LogP contribution < -0.4 is 9.47 Å². The van der Waals surface area contributed by atoms with Crippen molar-refractivity contribution in [1.29, 1.82) is 0 Å². The number of benzene rings is 2. The highest BCUT2D eigenvalue weighted by atomic mass is 16.5. The smallest absolute Gasteiger partial charge is 0.330 e. The van der Waals surface area contributed by atoms with Gasteiger partial charge in [0.2, 0.25) is 0 Å². The summed E-state index contributed by atoms with van der Waals surface area (Å²) in [5, 5.41) is 0. The van der Waals surface area contributed by atoms with Gasteiger partial charge in [-0.1, -0.05) is 109 Å². The van der Waals surface area contributed by atoms with Crippen molar-refractivity contribution in [2.24, 2.45) is 11.3 Å². The second kappa shape index (κ2) is 27.1. The van der Waals surface area contributed by atoms with Crippen LogP contribution in [0.3, 0.4) is 0 Å². The lowest BCUT2D eigenvalue weighted by atomic mass is 9.78. The summed E-state index contributed by atoms with van der Waals surface area (Å²) in [7, 11) is 0. The minimum atomic E-state index is -0.343. The Hall–Kier alpha value is -3.60. The zero-order chi connectivity index (χ0) is 39.5. The summed E-state index contributed by atoms with van der Waals surface area (Å²) in [5.41, 5.74) is 2.32. The first-order valence-electron chi connectivity index (χ1n) is 22.0. The number of carbonyl (C=O) groups excluding carboxylic acids is 2. The molecule has 0 atom stereocenters. The van der Waals surface area contributed by atoms with E-state index in [1.54, 1.807) is 0 Å². The van der Waals surface area contributed by atoms with Gasteiger partial charge in [0, 0.05) is 29.2 Å². The van der Waals surface area contributed by atoms with E-state index in [-0.39, 0.29) is 24.0 Å². The van der Waals surface area contributed by atoms with Crippen molar-refractivity contribution < 1.29 is 33.3 Å². The zero-order valence-electron chi connectivity index (χ0n) is 34.5. The molecule has 1 aliphatic carbocycles. The summed E-state index contributed by atoms with van der Waals surface area (Å²) in [6.45, 7) is 9.69. The largest absolute Gasteiger partial charge is 0.494 e. The van der Waals surface area contributed by atoms with E-state index in [1.165, 1.54) is 83.1 Å². The Morgan fingerprint density at radius 2 is 1.18 bits per heavy atom. The molecule has 1 heterocycles. The van der Waals surface area contributed by atoms with E-state index >= 15 is 0 Å². The molecule has 0 aromatic heterocycles. The molecule has 7 heteroatoms. The Morgan fingerprint density at radius 3 is 1.70 bits per heavy atom. The molecule has 0 unspecified atom stereocenters. The van der Waals surface area contributed by atoms with E-state index in [9.17, 15) is 9.59 Å². The predicted molar refractivity (Wildman–Crippen MR) is 225 cm³/mol. The molecular weight excluding hydrogens is 701 g/mol. The predicted octanol–water partition coefficient (Wildman–Crippen LogP) is 11.7. The van der Waals surface area contributed by atoms with Gasteiger partial charge in [-0.15, -0.1) is 0 Å². The normalized spacial score (nSPS) is 17.2. The van der Waals surface area contributed by atoms with Crippen LogP contribution in [0.5, 0.6) is 11.5 Å². The first-order chi connectivity index (χ1) is 27.5. The van der Waals surface area contributed by atoms with Crippen molar-refractivity contribution in [2.75, 3.05) is 33.0 Å². The maximum absolute atomic E-state index is 12.9. The molecule has 2 aromatic carbocycles. The number of rotatable bonds is 28. The molecule has 2 aromatic rings. The van der Waals surface area contributed by atoms with E-state index < -0.39 is 0 Å². The molecule has 56 heavy (non-hydrogen) atoms. The van der Waals surface area contributed by atoms with Crippen LogP contribution in [-0.2, 0) is 23.8 Å². The standard InChI is InChI=1S/C49H70O7/c1-3-47(50)55-38-20-16-12-8-11-15-19-37-54-45-33-27-43(28-34-45)48(51)56-46-31-25-42(26-32-46)22-21-41-23-29-44(30-24-41)53-36-18-14-10-7-5-6-9-13-17-35-49(4-2)39-52-40-49/h3,23-26,29-32,43,45H,1,4-20,27-28,33-40H2,2H3. The van der Waals surface area contributed by atoms with Gasteiger partial charge in [0.15, 0.2) is 0 Å². The molecule has 0 bridgehead atoms. The monoisotopic (exact) mass is 771 g/mol. The maximum atomic E-state index is 12.9. The number of ether oxygens (including phenoxy) is 5. The number of hydrogen-bond donors (Lipinski definition) is 0. The fraction of sp³-hybridized carbons (Fsp3) is 0.633. The fourth-order valence-corrected chi connectivity index (χ4v) is 7.57. The number of hydrogen-bond acceptors (Lipinski definition) is 7.